The van der Waals surface area contributed by atoms with Crippen molar-refractivity contribution < 1.29 is 14.3 Å². The minimum atomic E-state index is -0.0725. The van der Waals surface area contributed by atoms with Crippen molar-refractivity contribution in [3.8, 4) is 5.75 Å². The van der Waals surface area contributed by atoms with Crippen LogP contribution < -0.4 is 10.0 Å². The van der Waals surface area contributed by atoms with E-state index in [9.17, 15) is 4.79 Å². The molecule has 1 unspecified atom stereocenters. The van der Waals surface area contributed by atoms with Gasteiger partial charge in [0.05, 0.1) is 22.2 Å². The third-order valence-electron chi connectivity index (χ3n) is 3.19. The second-order valence-corrected chi connectivity index (χ2v) is 6.93. The number of hydrogen-bond acceptors (Lipinski definition) is 3. The van der Waals surface area contributed by atoms with Gasteiger partial charge in [-0.1, -0.05) is 35.3 Å². The molecule has 24 heavy (non-hydrogen) atoms. The molecule has 0 aliphatic rings. The Kier molecular flexibility index (Phi) is 9.38. The van der Waals surface area contributed by atoms with Crippen LogP contribution in [0.5, 0.6) is 5.75 Å². The summed E-state index contributed by atoms with van der Waals surface area (Å²) in [7, 11) is 1.59. The predicted octanol–water partition coefficient (Wildman–Crippen LogP) is 3.82. The van der Waals surface area contributed by atoms with E-state index in [0.717, 1.165) is 16.6 Å². The molecule has 0 bridgehead atoms. The Bertz CT molecular complexity index is 690. The zero-order valence-electron chi connectivity index (χ0n) is 12.9. The molecule has 0 spiro atoms. The van der Waals surface area contributed by atoms with E-state index < -0.39 is 0 Å². The zero-order valence-corrected chi connectivity index (χ0v) is 15.4. The summed E-state index contributed by atoms with van der Waals surface area (Å²) in [6, 6.07) is 10.7. The topological polar surface area (TPSA) is 35.5 Å². The van der Waals surface area contributed by atoms with Gasteiger partial charge in [-0.3, -0.25) is 4.79 Å². The van der Waals surface area contributed by atoms with Gasteiger partial charge in [0.25, 0.3) is 0 Å². The summed E-state index contributed by atoms with van der Waals surface area (Å²) in [5, 5.41) is 1.71. The van der Waals surface area contributed by atoms with Gasteiger partial charge in [0.2, 0.25) is 0 Å². The van der Waals surface area contributed by atoms with Crippen molar-refractivity contribution in [3.05, 3.63) is 57.6 Å². The Hall–Kier alpha value is -0.523. The van der Waals surface area contributed by atoms with Crippen molar-refractivity contribution in [2.24, 2.45) is 0 Å². The van der Waals surface area contributed by atoms with Crippen molar-refractivity contribution in [2.45, 2.75) is 6.92 Å². The molecule has 0 radical (unpaired) electrons. The minimum absolute atomic E-state index is 0. The molecule has 0 saturated carbocycles. The number of carbonyl (C=O) groups excluding carboxylic acids is 1. The molecule has 2 rings (SSSR count). The molecule has 2 aromatic carbocycles. The SMILES string of the molecule is COCCOc1ccc(PC(=O)c2c(Cl)cccc2Cl)c(C)c1.[LiH]. The van der Waals surface area contributed by atoms with Crippen molar-refractivity contribution in [1.82, 2.24) is 0 Å². The number of aryl methyl sites for hydroxylation is 1. The zero-order chi connectivity index (χ0) is 16.8. The fraction of sp³-hybridized carbons (Fsp3) is 0.235. The molecule has 7 heteroatoms. The van der Waals surface area contributed by atoms with Crippen LogP contribution in [0.4, 0.5) is 0 Å². The van der Waals surface area contributed by atoms with Crippen LogP contribution in [0.3, 0.4) is 0 Å². The predicted molar refractivity (Wildman–Crippen MR) is 104 cm³/mol. The number of hydrogen-bond donors (Lipinski definition) is 0. The molecule has 2 aromatic rings. The Labute approximate surface area is 166 Å². The van der Waals surface area contributed by atoms with E-state index in [1.165, 1.54) is 0 Å². The average Bonchev–Trinajstić information content (AvgIpc) is 2.50. The van der Waals surface area contributed by atoms with Crippen LogP contribution in [0.2, 0.25) is 10.0 Å². The maximum absolute atomic E-state index is 12.5. The molecule has 0 heterocycles. The first-order valence-corrected chi connectivity index (χ1v) is 8.76. The molecule has 0 saturated heterocycles. The summed E-state index contributed by atoms with van der Waals surface area (Å²) in [5.74, 6) is 0.760. The van der Waals surface area contributed by atoms with Crippen LogP contribution in [0.25, 0.3) is 0 Å². The standard InChI is InChI=1S/C17H17Cl2O3P.Li.H/c1-11-10-12(22-9-8-21-2)6-7-15(11)23-17(20)16-13(18)4-3-5-14(16)19;;/h3-7,10,23H,8-9H2,1-2H3;;. The molecule has 3 nitrogen and oxygen atoms in total. The van der Waals surface area contributed by atoms with Crippen LogP contribution in [-0.2, 0) is 4.74 Å². The Morgan fingerprint density at radius 1 is 1.12 bits per heavy atom. The molecule has 1 atom stereocenters. The first-order chi connectivity index (χ1) is 11.0. The molecule has 0 N–H and O–H groups in total. The Morgan fingerprint density at radius 2 is 1.79 bits per heavy atom. The van der Waals surface area contributed by atoms with Gasteiger partial charge in [-0.25, -0.2) is 0 Å². The molecule has 0 aliphatic carbocycles. The molecule has 0 fully saturated rings. The normalized spacial score (nSPS) is 10.7. The van der Waals surface area contributed by atoms with Gasteiger partial charge in [-0.15, -0.1) is 0 Å². The van der Waals surface area contributed by atoms with Gasteiger partial charge in [0.1, 0.15) is 12.4 Å². The van der Waals surface area contributed by atoms with E-state index in [0.29, 0.717) is 28.8 Å². The second-order valence-electron chi connectivity index (χ2n) is 4.87. The second kappa shape index (κ2) is 10.5. The Balaban J connectivity index is 0.00000288. The van der Waals surface area contributed by atoms with Crippen molar-refractivity contribution >= 4 is 61.5 Å². The molecule has 0 aliphatic heterocycles. The quantitative estimate of drug-likeness (QED) is 0.417. The van der Waals surface area contributed by atoms with Gasteiger partial charge in [0.15, 0.2) is 5.52 Å². The fourth-order valence-corrected chi connectivity index (χ4v) is 3.81. The summed E-state index contributed by atoms with van der Waals surface area (Å²) in [6.07, 6.45) is 0. The summed E-state index contributed by atoms with van der Waals surface area (Å²) >= 11 is 12.2. The van der Waals surface area contributed by atoms with E-state index in [1.54, 1.807) is 25.3 Å². The molecule has 124 valence electrons. The van der Waals surface area contributed by atoms with Crippen molar-refractivity contribution in [3.63, 3.8) is 0 Å². The van der Waals surface area contributed by atoms with Gasteiger partial charge < -0.3 is 9.47 Å². The molecule has 0 aromatic heterocycles. The average molecular weight is 379 g/mol. The summed E-state index contributed by atoms with van der Waals surface area (Å²) in [4.78, 5) is 12.5. The van der Waals surface area contributed by atoms with Crippen molar-refractivity contribution in [2.75, 3.05) is 20.3 Å². The summed E-state index contributed by atoms with van der Waals surface area (Å²) in [5.41, 5.74) is 1.31. The Morgan fingerprint density at radius 3 is 2.38 bits per heavy atom. The molecular weight excluding hydrogens is 361 g/mol. The molecular formula is C17H18Cl2LiO3P. The number of carbonyl (C=O) groups is 1. The van der Waals surface area contributed by atoms with Crippen molar-refractivity contribution in [1.29, 1.82) is 0 Å². The van der Waals surface area contributed by atoms with E-state index >= 15 is 0 Å². The fourth-order valence-electron chi connectivity index (χ4n) is 2.01. The van der Waals surface area contributed by atoms with Crippen LogP contribution in [0.15, 0.2) is 36.4 Å². The first-order valence-electron chi connectivity index (χ1n) is 7.00. The number of methoxy groups -OCH3 is 1. The summed E-state index contributed by atoms with van der Waals surface area (Å²) < 4.78 is 10.5. The summed E-state index contributed by atoms with van der Waals surface area (Å²) in [6.45, 7) is 2.98. The van der Waals surface area contributed by atoms with Crippen LogP contribution >= 0.6 is 31.8 Å². The monoisotopic (exact) mass is 378 g/mol. The van der Waals surface area contributed by atoms with E-state index in [-0.39, 0.29) is 33.0 Å². The van der Waals surface area contributed by atoms with Crippen LogP contribution in [0.1, 0.15) is 15.9 Å². The first kappa shape index (κ1) is 21.5. The van der Waals surface area contributed by atoms with Gasteiger partial charge in [-0.05, 0) is 50.6 Å². The van der Waals surface area contributed by atoms with Crippen LogP contribution in [-0.4, -0.2) is 44.7 Å². The van der Waals surface area contributed by atoms with Gasteiger partial charge >= 0.3 is 18.9 Å². The van der Waals surface area contributed by atoms with E-state index in [1.807, 2.05) is 25.1 Å². The van der Waals surface area contributed by atoms with Crippen LogP contribution in [0, 0.1) is 6.92 Å². The number of benzene rings is 2. The van der Waals surface area contributed by atoms with E-state index in [2.05, 4.69) is 0 Å². The third kappa shape index (κ3) is 5.78. The van der Waals surface area contributed by atoms with Gasteiger partial charge in [-0.2, -0.15) is 0 Å². The maximum atomic E-state index is 12.5. The number of rotatable bonds is 7. The number of ether oxygens (including phenoxy) is 2. The third-order valence-corrected chi connectivity index (χ3v) is 5.13. The number of halogens is 2. The molecule has 0 amide bonds. The van der Waals surface area contributed by atoms with Gasteiger partial charge in [0, 0.05) is 7.11 Å². The van der Waals surface area contributed by atoms with E-state index in [4.69, 9.17) is 32.7 Å².